The van der Waals surface area contributed by atoms with Gasteiger partial charge >= 0.3 is 0 Å². The van der Waals surface area contributed by atoms with E-state index in [0.29, 0.717) is 23.0 Å². The third-order valence-corrected chi connectivity index (χ3v) is 4.89. The number of sulfone groups is 1. The molecule has 0 spiro atoms. The van der Waals surface area contributed by atoms with Crippen molar-refractivity contribution in [3.05, 3.63) is 36.2 Å². The van der Waals surface area contributed by atoms with E-state index in [1.165, 1.54) is 0 Å². The van der Waals surface area contributed by atoms with Gasteiger partial charge in [0.25, 0.3) is 0 Å². The molecule has 0 saturated carbocycles. The third-order valence-electron chi connectivity index (χ3n) is 3.10. The molecule has 0 radical (unpaired) electrons. The molecule has 5 nitrogen and oxygen atoms in total. The van der Waals surface area contributed by atoms with E-state index in [-0.39, 0.29) is 23.7 Å². The van der Waals surface area contributed by atoms with Gasteiger partial charge in [-0.3, -0.25) is 14.8 Å². The molecular weight excluding hydrogens is 276 g/mol. The summed E-state index contributed by atoms with van der Waals surface area (Å²) in [5.41, 5.74) is 1.74. The van der Waals surface area contributed by atoms with Crippen LogP contribution in [0.2, 0.25) is 0 Å². The maximum Gasteiger partial charge on any atom is 0.165 e. The van der Waals surface area contributed by atoms with E-state index in [9.17, 15) is 13.2 Å². The zero-order chi connectivity index (χ0) is 14.6. The fraction of sp³-hybridized carbons (Fsp3) is 0.357. The molecule has 1 aromatic heterocycles. The zero-order valence-corrected chi connectivity index (χ0v) is 12.1. The molecule has 0 amide bonds. The molecule has 0 aliphatic heterocycles. The predicted molar refractivity (Wildman–Crippen MR) is 77.4 cm³/mol. The minimum atomic E-state index is -3.02. The SMILES string of the molecule is CCS(=O)(=O)CCCC(=O)c1cccc2nccnc12. The molecule has 0 aliphatic carbocycles. The van der Waals surface area contributed by atoms with Crippen molar-refractivity contribution < 1.29 is 13.2 Å². The highest BCUT2D eigenvalue weighted by Gasteiger charge is 2.13. The van der Waals surface area contributed by atoms with Crippen LogP contribution in [0.5, 0.6) is 0 Å². The van der Waals surface area contributed by atoms with Crippen molar-refractivity contribution in [2.45, 2.75) is 19.8 Å². The highest BCUT2D eigenvalue weighted by molar-refractivity contribution is 7.91. The number of fused-ring (bicyclic) bond motifs is 1. The monoisotopic (exact) mass is 292 g/mol. The quantitative estimate of drug-likeness (QED) is 0.761. The Balaban J connectivity index is 2.12. The zero-order valence-electron chi connectivity index (χ0n) is 11.2. The number of ketones is 1. The van der Waals surface area contributed by atoms with Crippen molar-refractivity contribution in [3.63, 3.8) is 0 Å². The molecule has 0 N–H and O–H groups in total. The van der Waals surface area contributed by atoms with E-state index in [0.717, 1.165) is 0 Å². The first-order chi connectivity index (χ1) is 9.53. The van der Waals surface area contributed by atoms with Crippen molar-refractivity contribution in [1.29, 1.82) is 0 Å². The summed E-state index contributed by atoms with van der Waals surface area (Å²) in [4.78, 5) is 20.5. The number of nitrogens with zero attached hydrogens (tertiary/aromatic N) is 2. The summed E-state index contributed by atoms with van der Waals surface area (Å²) in [6, 6.07) is 5.25. The Bertz CT molecular complexity index is 721. The van der Waals surface area contributed by atoms with Crippen LogP contribution in [0.25, 0.3) is 11.0 Å². The van der Waals surface area contributed by atoms with Crippen LogP contribution in [0.15, 0.2) is 30.6 Å². The molecule has 0 atom stereocenters. The average Bonchev–Trinajstić information content (AvgIpc) is 2.46. The van der Waals surface area contributed by atoms with Gasteiger partial charge in [0.1, 0.15) is 9.84 Å². The number of rotatable bonds is 6. The number of aromatic nitrogens is 2. The molecule has 0 saturated heterocycles. The lowest BCUT2D eigenvalue weighted by molar-refractivity contribution is 0.0983. The molecule has 2 aromatic rings. The Morgan fingerprint density at radius 2 is 1.95 bits per heavy atom. The Hall–Kier alpha value is -1.82. The number of carbonyl (C=O) groups excluding carboxylic acids is 1. The summed E-state index contributed by atoms with van der Waals surface area (Å²) in [6.45, 7) is 1.61. The first-order valence-electron chi connectivity index (χ1n) is 6.47. The van der Waals surface area contributed by atoms with Crippen LogP contribution in [0, 0.1) is 0 Å². The predicted octanol–water partition coefficient (Wildman–Crippen LogP) is 2.03. The summed E-state index contributed by atoms with van der Waals surface area (Å²) in [7, 11) is -3.02. The number of Topliss-reactive ketones (excluding diaryl/α,β-unsaturated/α-hetero) is 1. The van der Waals surface area contributed by atoms with E-state index in [1.54, 1.807) is 37.5 Å². The molecule has 0 bridgehead atoms. The minimum absolute atomic E-state index is 0.0473. The summed E-state index contributed by atoms with van der Waals surface area (Å²) < 4.78 is 22.8. The highest BCUT2D eigenvalue weighted by Crippen LogP contribution is 2.16. The van der Waals surface area contributed by atoms with E-state index in [1.807, 2.05) is 0 Å². The number of carbonyl (C=O) groups is 1. The van der Waals surface area contributed by atoms with Crippen molar-refractivity contribution in [3.8, 4) is 0 Å². The minimum Gasteiger partial charge on any atom is -0.294 e. The van der Waals surface area contributed by atoms with Crippen LogP contribution >= 0.6 is 0 Å². The molecule has 2 rings (SSSR count). The normalized spacial score (nSPS) is 11.7. The molecule has 6 heteroatoms. The smallest absolute Gasteiger partial charge is 0.165 e. The van der Waals surface area contributed by atoms with E-state index in [2.05, 4.69) is 9.97 Å². The summed E-state index contributed by atoms with van der Waals surface area (Å²) in [6.07, 6.45) is 3.66. The maximum absolute atomic E-state index is 12.2. The fourth-order valence-electron chi connectivity index (χ4n) is 1.95. The van der Waals surface area contributed by atoms with Crippen molar-refractivity contribution in [2.24, 2.45) is 0 Å². The largest absolute Gasteiger partial charge is 0.294 e. The van der Waals surface area contributed by atoms with Crippen molar-refractivity contribution in [2.75, 3.05) is 11.5 Å². The highest BCUT2D eigenvalue weighted by atomic mass is 32.2. The van der Waals surface area contributed by atoms with Crippen molar-refractivity contribution >= 4 is 26.7 Å². The first kappa shape index (κ1) is 14.6. The molecule has 0 aliphatic rings. The van der Waals surface area contributed by atoms with Crippen LogP contribution in [0.4, 0.5) is 0 Å². The molecule has 1 aromatic carbocycles. The molecule has 0 unspecified atom stereocenters. The van der Waals surface area contributed by atoms with Gasteiger partial charge in [-0.1, -0.05) is 13.0 Å². The summed E-state index contributed by atoms with van der Waals surface area (Å²) in [5.74, 6) is 0.0643. The first-order valence-corrected chi connectivity index (χ1v) is 8.29. The third kappa shape index (κ3) is 3.39. The molecular formula is C14H16N2O3S. The van der Waals surface area contributed by atoms with Crippen LogP contribution < -0.4 is 0 Å². The summed E-state index contributed by atoms with van der Waals surface area (Å²) in [5, 5.41) is 0. The van der Waals surface area contributed by atoms with Crippen LogP contribution in [-0.4, -0.2) is 35.7 Å². The number of hydrogen-bond acceptors (Lipinski definition) is 5. The van der Waals surface area contributed by atoms with Gasteiger partial charge in [-0.2, -0.15) is 0 Å². The number of hydrogen-bond donors (Lipinski definition) is 0. The van der Waals surface area contributed by atoms with Gasteiger partial charge in [-0.25, -0.2) is 8.42 Å². The maximum atomic E-state index is 12.2. The lowest BCUT2D eigenvalue weighted by atomic mass is 10.1. The topological polar surface area (TPSA) is 77.0 Å². The standard InChI is InChI=1S/C14H16N2O3S/c1-2-20(18,19)10-4-7-13(17)11-5-3-6-12-14(11)16-9-8-15-12/h3,5-6,8-9H,2,4,7,10H2,1H3. The van der Waals surface area contributed by atoms with Gasteiger partial charge in [-0.05, 0) is 18.6 Å². The Labute approximate surface area is 118 Å². The van der Waals surface area contributed by atoms with Gasteiger partial charge in [0, 0.05) is 30.1 Å². The second-order valence-electron chi connectivity index (χ2n) is 4.49. The molecule has 106 valence electrons. The van der Waals surface area contributed by atoms with Crippen molar-refractivity contribution in [1.82, 2.24) is 9.97 Å². The lowest BCUT2D eigenvalue weighted by Crippen LogP contribution is -2.10. The van der Waals surface area contributed by atoms with Gasteiger partial charge in [0.05, 0.1) is 16.8 Å². The fourth-order valence-corrected chi connectivity index (χ4v) is 2.82. The lowest BCUT2D eigenvalue weighted by Gasteiger charge is -2.04. The average molecular weight is 292 g/mol. The molecule has 1 heterocycles. The van der Waals surface area contributed by atoms with E-state index in [4.69, 9.17) is 0 Å². The van der Waals surface area contributed by atoms with Gasteiger partial charge in [0.15, 0.2) is 5.78 Å². The molecule has 20 heavy (non-hydrogen) atoms. The van der Waals surface area contributed by atoms with Crippen LogP contribution in [0.1, 0.15) is 30.1 Å². The second kappa shape index (κ2) is 6.09. The van der Waals surface area contributed by atoms with Crippen LogP contribution in [0.3, 0.4) is 0 Å². The number of para-hydroxylation sites is 1. The Morgan fingerprint density at radius 3 is 2.70 bits per heavy atom. The number of benzene rings is 1. The van der Waals surface area contributed by atoms with Gasteiger partial charge in [-0.15, -0.1) is 0 Å². The molecule has 0 fully saturated rings. The van der Waals surface area contributed by atoms with Gasteiger partial charge in [0.2, 0.25) is 0 Å². The van der Waals surface area contributed by atoms with Crippen LogP contribution in [-0.2, 0) is 9.84 Å². The van der Waals surface area contributed by atoms with E-state index < -0.39 is 9.84 Å². The summed E-state index contributed by atoms with van der Waals surface area (Å²) >= 11 is 0. The van der Waals surface area contributed by atoms with E-state index >= 15 is 0 Å². The Morgan fingerprint density at radius 1 is 1.20 bits per heavy atom. The second-order valence-corrected chi connectivity index (χ2v) is 6.97. The van der Waals surface area contributed by atoms with Gasteiger partial charge < -0.3 is 0 Å². The Kier molecular flexibility index (Phi) is 4.44.